The fourth-order valence-electron chi connectivity index (χ4n) is 1.72. The Morgan fingerprint density at radius 2 is 2.47 bits per heavy atom. The molecule has 0 aliphatic rings. The first-order valence-electron chi connectivity index (χ1n) is 6.01. The van der Waals surface area contributed by atoms with E-state index in [0.29, 0.717) is 18.3 Å². The minimum Gasteiger partial charge on any atom is -0.409 e. The summed E-state index contributed by atoms with van der Waals surface area (Å²) in [6.07, 6.45) is 3.83. The highest BCUT2D eigenvalue weighted by molar-refractivity contribution is 7.10. The van der Waals surface area contributed by atoms with Crippen molar-refractivity contribution in [1.29, 1.82) is 0 Å². The monoisotopic (exact) mass is 255 g/mol. The third-order valence-electron chi connectivity index (χ3n) is 2.59. The van der Waals surface area contributed by atoms with Crippen molar-refractivity contribution in [3.05, 3.63) is 22.4 Å². The van der Waals surface area contributed by atoms with E-state index in [1.807, 2.05) is 0 Å². The van der Waals surface area contributed by atoms with Crippen molar-refractivity contribution in [2.24, 2.45) is 10.9 Å². The molecule has 0 spiro atoms. The highest BCUT2D eigenvalue weighted by Crippen LogP contribution is 2.22. The SMILES string of the molecule is CCCC(NCCCC(N)=NO)c1cccs1. The molecule has 0 fully saturated rings. The average molecular weight is 255 g/mol. The highest BCUT2D eigenvalue weighted by Gasteiger charge is 2.10. The van der Waals surface area contributed by atoms with E-state index < -0.39 is 0 Å². The maximum atomic E-state index is 8.42. The van der Waals surface area contributed by atoms with Gasteiger partial charge in [0.1, 0.15) is 5.84 Å². The number of nitrogens with one attached hydrogen (secondary N) is 1. The molecule has 1 aromatic rings. The quantitative estimate of drug-likeness (QED) is 0.220. The van der Waals surface area contributed by atoms with Gasteiger partial charge in [-0.05, 0) is 30.8 Å². The first-order chi connectivity index (χ1) is 8.27. The number of hydrogen-bond acceptors (Lipinski definition) is 4. The maximum Gasteiger partial charge on any atom is 0.139 e. The van der Waals surface area contributed by atoms with Crippen LogP contribution in [0.5, 0.6) is 0 Å². The zero-order valence-electron chi connectivity index (χ0n) is 10.2. The van der Waals surface area contributed by atoms with Crippen molar-refractivity contribution in [1.82, 2.24) is 5.32 Å². The summed E-state index contributed by atoms with van der Waals surface area (Å²) < 4.78 is 0. The van der Waals surface area contributed by atoms with Crippen LogP contribution in [-0.4, -0.2) is 17.6 Å². The molecule has 0 aliphatic heterocycles. The summed E-state index contributed by atoms with van der Waals surface area (Å²) in [5.74, 6) is 0.301. The van der Waals surface area contributed by atoms with Gasteiger partial charge in [-0.25, -0.2) is 0 Å². The number of nitrogens with two attached hydrogens (primary N) is 1. The summed E-state index contributed by atoms with van der Waals surface area (Å²) in [7, 11) is 0. The van der Waals surface area contributed by atoms with Crippen LogP contribution >= 0.6 is 11.3 Å². The summed E-state index contributed by atoms with van der Waals surface area (Å²) in [6.45, 7) is 3.08. The minimum atomic E-state index is 0.301. The molecule has 4 nitrogen and oxygen atoms in total. The van der Waals surface area contributed by atoms with Gasteiger partial charge in [-0.3, -0.25) is 0 Å². The normalized spacial score (nSPS) is 13.8. The van der Waals surface area contributed by atoms with Crippen LogP contribution in [0, 0.1) is 0 Å². The smallest absolute Gasteiger partial charge is 0.139 e. The third-order valence-corrected chi connectivity index (χ3v) is 3.58. The van der Waals surface area contributed by atoms with Gasteiger partial charge in [0.15, 0.2) is 0 Å². The van der Waals surface area contributed by atoms with Crippen molar-refractivity contribution in [3.63, 3.8) is 0 Å². The second kappa shape index (κ2) is 8.08. The molecule has 0 radical (unpaired) electrons. The molecule has 0 aliphatic carbocycles. The van der Waals surface area contributed by atoms with Crippen molar-refractivity contribution >= 4 is 17.2 Å². The predicted octanol–water partition coefficient (Wildman–Crippen LogP) is 2.71. The van der Waals surface area contributed by atoms with Crippen LogP contribution < -0.4 is 11.1 Å². The molecule has 1 heterocycles. The summed E-state index contributed by atoms with van der Waals surface area (Å²) in [5, 5.41) is 17.0. The topological polar surface area (TPSA) is 70.6 Å². The molecule has 0 bridgehead atoms. The van der Waals surface area contributed by atoms with E-state index in [1.54, 1.807) is 11.3 Å². The van der Waals surface area contributed by atoms with Crippen molar-refractivity contribution in [2.75, 3.05) is 6.54 Å². The number of rotatable bonds is 8. The van der Waals surface area contributed by atoms with E-state index >= 15 is 0 Å². The van der Waals surface area contributed by atoms with Gasteiger partial charge in [0.05, 0.1) is 0 Å². The Kier molecular flexibility index (Phi) is 6.65. The van der Waals surface area contributed by atoms with E-state index in [1.165, 1.54) is 4.88 Å². The Bertz CT molecular complexity index is 325. The number of thiophene rings is 1. The molecule has 0 aromatic carbocycles. The minimum absolute atomic E-state index is 0.301. The second-order valence-electron chi connectivity index (χ2n) is 4.01. The molecular formula is C12H21N3OS. The van der Waals surface area contributed by atoms with E-state index in [9.17, 15) is 0 Å². The van der Waals surface area contributed by atoms with Crippen LogP contribution in [0.4, 0.5) is 0 Å². The first kappa shape index (κ1) is 14.0. The van der Waals surface area contributed by atoms with Gasteiger partial charge in [-0.1, -0.05) is 24.6 Å². The first-order valence-corrected chi connectivity index (χ1v) is 6.89. The average Bonchev–Trinajstić information content (AvgIpc) is 2.86. The summed E-state index contributed by atoms with van der Waals surface area (Å²) in [4.78, 5) is 1.38. The molecule has 0 saturated heterocycles. The van der Waals surface area contributed by atoms with E-state index in [-0.39, 0.29) is 0 Å². The van der Waals surface area contributed by atoms with Crippen LogP contribution in [0.1, 0.15) is 43.5 Å². The lowest BCUT2D eigenvalue weighted by atomic mass is 10.1. The molecule has 0 amide bonds. The zero-order valence-corrected chi connectivity index (χ0v) is 11.0. The standard InChI is InChI=1S/C12H21N3OS/c1-2-5-10(11-6-4-9-17-11)14-8-3-7-12(13)15-16/h4,6,9-10,14,16H,2-3,5,7-8H2,1H3,(H2,13,15). The summed E-state index contributed by atoms with van der Waals surface area (Å²) in [5.41, 5.74) is 5.42. The molecule has 4 N–H and O–H groups in total. The van der Waals surface area contributed by atoms with Crippen LogP contribution in [0.25, 0.3) is 0 Å². The zero-order chi connectivity index (χ0) is 12.5. The van der Waals surface area contributed by atoms with Crippen LogP contribution in [0.3, 0.4) is 0 Å². The highest BCUT2D eigenvalue weighted by atomic mass is 32.1. The maximum absolute atomic E-state index is 8.42. The molecule has 5 heteroatoms. The summed E-state index contributed by atoms with van der Waals surface area (Å²) in [6, 6.07) is 4.69. The van der Waals surface area contributed by atoms with Crippen molar-refractivity contribution in [3.8, 4) is 0 Å². The fourth-order valence-corrected chi connectivity index (χ4v) is 2.56. The number of amidine groups is 1. The molecule has 0 saturated carbocycles. The Balaban J connectivity index is 2.31. The van der Waals surface area contributed by atoms with E-state index in [2.05, 4.69) is 34.9 Å². The van der Waals surface area contributed by atoms with Crippen LogP contribution in [0.15, 0.2) is 22.7 Å². The number of nitrogens with zero attached hydrogens (tertiary/aromatic N) is 1. The number of oxime groups is 1. The Morgan fingerprint density at radius 3 is 3.06 bits per heavy atom. The Labute approximate surface area is 107 Å². The van der Waals surface area contributed by atoms with Crippen molar-refractivity contribution in [2.45, 2.75) is 38.6 Å². The molecule has 17 heavy (non-hydrogen) atoms. The van der Waals surface area contributed by atoms with Gasteiger partial charge in [0, 0.05) is 17.3 Å². The molecule has 1 unspecified atom stereocenters. The lowest BCUT2D eigenvalue weighted by Gasteiger charge is -2.16. The van der Waals surface area contributed by atoms with Crippen LogP contribution in [-0.2, 0) is 0 Å². The van der Waals surface area contributed by atoms with Gasteiger partial charge in [-0.2, -0.15) is 0 Å². The second-order valence-corrected chi connectivity index (χ2v) is 4.98. The van der Waals surface area contributed by atoms with Crippen LogP contribution in [0.2, 0.25) is 0 Å². The largest absolute Gasteiger partial charge is 0.409 e. The Morgan fingerprint density at radius 1 is 1.65 bits per heavy atom. The van der Waals surface area contributed by atoms with E-state index in [4.69, 9.17) is 10.9 Å². The van der Waals surface area contributed by atoms with Gasteiger partial charge in [0.25, 0.3) is 0 Å². The molecule has 1 atom stereocenters. The van der Waals surface area contributed by atoms with Gasteiger partial charge in [0.2, 0.25) is 0 Å². The van der Waals surface area contributed by atoms with Crippen molar-refractivity contribution < 1.29 is 5.21 Å². The molecule has 96 valence electrons. The molecule has 1 aromatic heterocycles. The molecular weight excluding hydrogens is 234 g/mol. The lowest BCUT2D eigenvalue weighted by molar-refractivity contribution is 0.316. The Hall–Kier alpha value is -1.07. The fraction of sp³-hybridized carbons (Fsp3) is 0.583. The van der Waals surface area contributed by atoms with Gasteiger partial charge >= 0.3 is 0 Å². The lowest BCUT2D eigenvalue weighted by Crippen LogP contribution is -2.23. The van der Waals surface area contributed by atoms with Gasteiger partial charge in [-0.15, -0.1) is 11.3 Å². The third kappa shape index (κ3) is 5.19. The van der Waals surface area contributed by atoms with E-state index in [0.717, 1.165) is 25.8 Å². The van der Waals surface area contributed by atoms with Gasteiger partial charge < -0.3 is 16.3 Å². The predicted molar refractivity (Wildman–Crippen MR) is 72.6 cm³/mol. The number of hydrogen-bond donors (Lipinski definition) is 3. The molecule has 1 rings (SSSR count). The summed E-state index contributed by atoms with van der Waals surface area (Å²) >= 11 is 1.79.